The molecule has 0 unspecified atom stereocenters. The van der Waals surface area contributed by atoms with Gasteiger partial charge < -0.3 is 0 Å². The molecule has 0 aliphatic rings. The topological polar surface area (TPSA) is 93.9 Å². The highest BCUT2D eigenvalue weighted by Crippen LogP contribution is 2.20. The monoisotopic (exact) mass is 383 g/mol. The number of hydrogen-bond acceptors (Lipinski definition) is 5. The van der Waals surface area contributed by atoms with E-state index in [0.717, 1.165) is 0 Å². The third-order valence-electron chi connectivity index (χ3n) is 3.35. The SMILES string of the molecule is N#Cc1c(-c2ccccc2)nc(NN=Cc2cc(Cl)cc(Cl)c2)[nH]c1=O. The lowest BCUT2D eigenvalue weighted by atomic mass is 10.1. The minimum Gasteiger partial charge on any atom is -0.290 e. The average Bonchev–Trinajstić information content (AvgIpc) is 2.61. The van der Waals surface area contributed by atoms with E-state index >= 15 is 0 Å². The van der Waals surface area contributed by atoms with E-state index < -0.39 is 5.56 Å². The Morgan fingerprint density at radius 3 is 2.50 bits per heavy atom. The van der Waals surface area contributed by atoms with Gasteiger partial charge in [0.25, 0.3) is 5.56 Å². The molecule has 3 aromatic rings. The smallest absolute Gasteiger partial charge is 0.270 e. The van der Waals surface area contributed by atoms with Crippen LogP contribution in [0.5, 0.6) is 0 Å². The van der Waals surface area contributed by atoms with E-state index in [1.54, 1.807) is 42.5 Å². The first-order valence-corrected chi connectivity index (χ1v) is 8.17. The second-order valence-electron chi connectivity index (χ2n) is 5.19. The summed E-state index contributed by atoms with van der Waals surface area (Å²) in [4.78, 5) is 18.9. The summed E-state index contributed by atoms with van der Waals surface area (Å²) < 4.78 is 0. The summed E-state index contributed by atoms with van der Waals surface area (Å²) >= 11 is 11.9. The Balaban J connectivity index is 1.92. The molecule has 1 heterocycles. The molecule has 3 rings (SSSR count). The molecule has 1 aromatic heterocycles. The zero-order chi connectivity index (χ0) is 18.5. The number of halogens is 2. The van der Waals surface area contributed by atoms with Crippen molar-refractivity contribution in [3.8, 4) is 17.3 Å². The predicted molar refractivity (Wildman–Crippen MR) is 103 cm³/mol. The van der Waals surface area contributed by atoms with Crippen molar-refractivity contribution in [2.45, 2.75) is 0 Å². The quantitative estimate of drug-likeness (QED) is 0.524. The molecule has 0 bridgehead atoms. The van der Waals surface area contributed by atoms with Crippen molar-refractivity contribution in [3.63, 3.8) is 0 Å². The molecule has 0 atom stereocenters. The van der Waals surface area contributed by atoms with E-state index in [2.05, 4.69) is 20.5 Å². The van der Waals surface area contributed by atoms with Crippen LogP contribution in [0.3, 0.4) is 0 Å². The van der Waals surface area contributed by atoms with Crippen molar-refractivity contribution < 1.29 is 0 Å². The molecule has 0 aliphatic carbocycles. The van der Waals surface area contributed by atoms with E-state index in [1.807, 2.05) is 12.1 Å². The lowest BCUT2D eigenvalue weighted by Gasteiger charge is -2.06. The lowest BCUT2D eigenvalue weighted by Crippen LogP contribution is -2.16. The molecule has 0 fully saturated rings. The van der Waals surface area contributed by atoms with E-state index in [9.17, 15) is 10.1 Å². The number of nitriles is 1. The zero-order valence-electron chi connectivity index (χ0n) is 13.2. The summed E-state index contributed by atoms with van der Waals surface area (Å²) in [6.07, 6.45) is 1.48. The molecule has 0 saturated carbocycles. The van der Waals surface area contributed by atoms with Crippen LogP contribution in [-0.2, 0) is 0 Å². The first-order chi connectivity index (χ1) is 12.6. The van der Waals surface area contributed by atoms with E-state index in [-0.39, 0.29) is 17.2 Å². The standard InChI is InChI=1S/C18H11Cl2N5O/c19-13-6-11(7-14(20)8-13)10-22-25-18-23-16(12-4-2-1-3-5-12)15(9-21)17(26)24-18/h1-8,10H,(H2,23,24,25,26). The average molecular weight is 384 g/mol. The second-order valence-corrected chi connectivity index (χ2v) is 6.06. The molecular weight excluding hydrogens is 373 g/mol. The molecule has 26 heavy (non-hydrogen) atoms. The fourth-order valence-corrected chi connectivity index (χ4v) is 2.80. The Kier molecular flexibility index (Phi) is 5.32. The highest BCUT2D eigenvalue weighted by Gasteiger charge is 2.12. The van der Waals surface area contributed by atoms with Gasteiger partial charge >= 0.3 is 0 Å². The van der Waals surface area contributed by atoms with Gasteiger partial charge in [0.05, 0.1) is 11.9 Å². The number of aromatic nitrogens is 2. The second kappa shape index (κ2) is 7.83. The van der Waals surface area contributed by atoms with Crippen molar-refractivity contribution in [2.24, 2.45) is 5.10 Å². The van der Waals surface area contributed by atoms with Crippen molar-refractivity contribution in [1.29, 1.82) is 5.26 Å². The number of nitrogens with zero attached hydrogens (tertiary/aromatic N) is 3. The van der Waals surface area contributed by atoms with Gasteiger partial charge in [-0.05, 0) is 23.8 Å². The number of nitrogens with one attached hydrogen (secondary N) is 2. The third-order valence-corrected chi connectivity index (χ3v) is 3.78. The van der Waals surface area contributed by atoms with Crippen molar-refractivity contribution in [1.82, 2.24) is 9.97 Å². The number of hydrogen-bond donors (Lipinski definition) is 2. The lowest BCUT2D eigenvalue weighted by molar-refractivity contribution is 1.08. The van der Waals surface area contributed by atoms with Crippen molar-refractivity contribution >= 4 is 35.4 Å². The van der Waals surface area contributed by atoms with Crippen molar-refractivity contribution in [3.05, 3.63) is 80.1 Å². The Bertz CT molecular complexity index is 1050. The van der Waals surface area contributed by atoms with Crippen LogP contribution in [-0.4, -0.2) is 16.2 Å². The first-order valence-electron chi connectivity index (χ1n) is 7.42. The number of aromatic amines is 1. The molecular formula is C18H11Cl2N5O. The van der Waals surface area contributed by atoms with Gasteiger partial charge in [-0.2, -0.15) is 10.4 Å². The van der Waals surface area contributed by atoms with Crippen LogP contribution in [0.25, 0.3) is 11.3 Å². The number of H-pyrrole nitrogens is 1. The maximum atomic E-state index is 12.1. The van der Waals surface area contributed by atoms with Gasteiger partial charge in [0.2, 0.25) is 5.95 Å². The van der Waals surface area contributed by atoms with Gasteiger partial charge in [-0.15, -0.1) is 0 Å². The number of anilines is 1. The largest absolute Gasteiger partial charge is 0.290 e. The highest BCUT2D eigenvalue weighted by atomic mass is 35.5. The minimum absolute atomic E-state index is 0.0626. The Hall–Kier alpha value is -3.14. The van der Waals surface area contributed by atoms with Gasteiger partial charge in [0, 0.05) is 15.6 Å². The summed E-state index contributed by atoms with van der Waals surface area (Å²) in [5.41, 5.74) is 3.64. The maximum absolute atomic E-state index is 12.1. The molecule has 2 N–H and O–H groups in total. The van der Waals surface area contributed by atoms with Crippen LogP contribution in [0.2, 0.25) is 10.0 Å². The highest BCUT2D eigenvalue weighted by molar-refractivity contribution is 6.35. The summed E-state index contributed by atoms with van der Waals surface area (Å²) in [5.74, 6) is 0.109. The van der Waals surface area contributed by atoms with Crippen molar-refractivity contribution in [2.75, 3.05) is 5.43 Å². The Labute approximate surface area is 158 Å². The molecule has 0 radical (unpaired) electrons. The van der Waals surface area contributed by atoms with Gasteiger partial charge in [-0.25, -0.2) is 10.4 Å². The van der Waals surface area contributed by atoms with E-state index in [4.69, 9.17) is 23.2 Å². The first kappa shape index (κ1) is 17.7. The molecule has 0 spiro atoms. The Morgan fingerprint density at radius 1 is 1.15 bits per heavy atom. The molecule has 6 nitrogen and oxygen atoms in total. The maximum Gasteiger partial charge on any atom is 0.270 e. The van der Waals surface area contributed by atoms with Crippen LogP contribution in [0.1, 0.15) is 11.1 Å². The third kappa shape index (κ3) is 4.09. The Morgan fingerprint density at radius 2 is 1.85 bits per heavy atom. The fourth-order valence-electron chi connectivity index (χ4n) is 2.25. The minimum atomic E-state index is -0.551. The molecule has 128 valence electrons. The van der Waals surface area contributed by atoms with Crippen LogP contribution in [0, 0.1) is 11.3 Å². The summed E-state index contributed by atoms with van der Waals surface area (Å²) in [6.45, 7) is 0. The van der Waals surface area contributed by atoms with Crippen LogP contribution in [0.4, 0.5) is 5.95 Å². The zero-order valence-corrected chi connectivity index (χ0v) is 14.7. The molecule has 0 aliphatic heterocycles. The van der Waals surface area contributed by atoms with E-state index in [1.165, 1.54) is 6.21 Å². The summed E-state index contributed by atoms with van der Waals surface area (Å²) in [6, 6.07) is 15.8. The molecule has 0 saturated heterocycles. The number of benzene rings is 2. The predicted octanol–water partition coefficient (Wildman–Crippen LogP) is 4.06. The summed E-state index contributed by atoms with van der Waals surface area (Å²) in [7, 11) is 0. The van der Waals surface area contributed by atoms with Crippen LogP contribution in [0.15, 0.2) is 58.4 Å². The molecule has 8 heteroatoms. The normalized spacial score (nSPS) is 10.7. The fraction of sp³-hybridized carbons (Fsp3) is 0. The van der Waals surface area contributed by atoms with Gasteiger partial charge in [0.15, 0.2) is 0 Å². The van der Waals surface area contributed by atoms with E-state index in [0.29, 0.717) is 21.2 Å². The van der Waals surface area contributed by atoms with Crippen LogP contribution >= 0.6 is 23.2 Å². The van der Waals surface area contributed by atoms with Gasteiger partial charge in [0.1, 0.15) is 11.6 Å². The number of rotatable bonds is 4. The molecule has 2 aromatic carbocycles. The molecule has 0 amide bonds. The number of hydrazone groups is 1. The van der Waals surface area contributed by atoms with Gasteiger partial charge in [-0.3, -0.25) is 9.78 Å². The van der Waals surface area contributed by atoms with Crippen LogP contribution < -0.4 is 11.0 Å². The summed E-state index contributed by atoms with van der Waals surface area (Å²) in [5, 5.41) is 14.2. The van der Waals surface area contributed by atoms with Gasteiger partial charge in [-0.1, -0.05) is 53.5 Å².